The average molecular weight is 536 g/mol. The zero-order valence-corrected chi connectivity index (χ0v) is 21.9. The molecule has 2 fully saturated rings. The van der Waals surface area contributed by atoms with E-state index in [-0.39, 0.29) is 11.9 Å². The van der Waals surface area contributed by atoms with Gasteiger partial charge in [0.15, 0.2) is 0 Å². The molecule has 2 aliphatic rings. The molecule has 1 saturated carbocycles. The first-order chi connectivity index (χ1) is 19.1. The Balaban J connectivity index is 1.05. The highest BCUT2D eigenvalue weighted by Crippen LogP contribution is 2.47. The number of carbonyl (C=O) groups is 1. The number of piperidine rings is 1. The predicted molar refractivity (Wildman–Crippen MR) is 151 cm³/mol. The van der Waals surface area contributed by atoms with Gasteiger partial charge in [-0.3, -0.25) is 9.78 Å². The number of nitrogens with one attached hydrogen (secondary N) is 2. The van der Waals surface area contributed by atoms with E-state index in [1.807, 2.05) is 54.8 Å². The normalized spacial score (nSPS) is 19.5. The second kappa shape index (κ2) is 9.63. The number of anilines is 3. The van der Waals surface area contributed by atoms with Crippen molar-refractivity contribution in [2.75, 3.05) is 23.3 Å². The summed E-state index contributed by atoms with van der Waals surface area (Å²) in [7, 11) is 0. The van der Waals surface area contributed by atoms with E-state index in [1.165, 1.54) is 11.3 Å². The molecule has 9 nitrogen and oxygen atoms in total. The number of nitrogens with zero attached hydrogens (tertiary/aromatic N) is 5. The standard InChI is InChI=1S/C29H25N7O2S/c1-17-10-18(6-7-24(17)38-19-4-2-8-30-12-19)34-28-20-11-26(31-13-23(20)32-16-33-28)36-14-21-22(15-36)27(21)35-29(37)25-5-3-9-39-25/h2-13,16,21-22,27H,14-15H2,1H3,(H,35,37)(H,32,33,34). The van der Waals surface area contributed by atoms with Crippen LogP contribution < -0.4 is 20.3 Å². The van der Waals surface area contributed by atoms with Crippen LogP contribution in [0.4, 0.5) is 17.3 Å². The number of aromatic nitrogens is 4. The Hall–Kier alpha value is -4.57. The Labute approximate surface area is 228 Å². The maximum absolute atomic E-state index is 12.4. The maximum Gasteiger partial charge on any atom is 0.261 e. The van der Waals surface area contributed by atoms with Crippen LogP contribution in [-0.4, -0.2) is 45.0 Å². The summed E-state index contributed by atoms with van der Waals surface area (Å²) < 4.78 is 5.96. The predicted octanol–water partition coefficient (Wildman–Crippen LogP) is 5.19. The van der Waals surface area contributed by atoms with Crippen LogP contribution >= 0.6 is 11.3 Å². The van der Waals surface area contributed by atoms with Crippen LogP contribution in [0.1, 0.15) is 15.2 Å². The third kappa shape index (κ3) is 4.63. The first-order valence-electron chi connectivity index (χ1n) is 12.8. The van der Waals surface area contributed by atoms with Gasteiger partial charge >= 0.3 is 0 Å². The smallest absolute Gasteiger partial charge is 0.261 e. The first-order valence-corrected chi connectivity index (χ1v) is 13.7. The van der Waals surface area contributed by atoms with Gasteiger partial charge < -0.3 is 20.3 Å². The first kappa shape index (κ1) is 23.5. The summed E-state index contributed by atoms with van der Waals surface area (Å²) in [4.78, 5) is 33.2. The quantitative estimate of drug-likeness (QED) is 0.293. The molecule has 0 bridgehead atoms. The topological polar surface area (TPSA) is 105 Å². The van der Waals surface area contributed by atoms with E-state index in [9.17, 15) is 4.79 Å². The monoisotopic (exact) mass is 535 g/mol. The molecule has 10 heteroatoms. The SMILES string of the molecule is Cc1cc(Nc2ncnc3cnc(N4CC5C(C4)C5NC(=O)c4cccs4)cc23)ccc1Oc1cccnc1. The highest BCUT2D eigenvalue weighted by atomic mass is 32.1. The van der Waals surface area contributed by atoms with Gasteiger partial charge in [-0.15, -0.1) is 11.3 Å². The summed E-state index contributed by atoms with van der Waals surface area (Å²) in [6, 6.07) is 15.7. The van der Waals surface area contributed by atoms with Gasteiger partial charge in [-0.25, -0.2) is 15.0 Å². The lowest BCUT2D eigenvalue weighted by Crippen LogP contribution is -2.34. The van der Waals surface area contributed by atoms with Gasteiger partial charge in [0.2, 0.25) is 0 Å². The van der Waals surface area contributed by atoms with Crippen molar-refractivity contribution in [1.82, 2.24) is 25.3 Å². The van der Waals surface area contributed by atoms with E-state index in [2.05, 4.69) is 41.5 Å². The Morgan fingerprint density at radius 1 is 1.05 bits per heavy atom. The summed E-state index contributed by atoms with van der Waals surface area (Å²) in [5.41, 5.74) is 2.66. The Morgan fingerprint density at radius 2 is 1.95 bits per heavy atom. The molecule has 1 saturated heterocycles. The number of ether oxygens (including phenoxy) is 1. The number of fused-ring (bicyclic) bond motifs is 2. The van der Waals surface area contributed by atoms with Gasteiger partial charge in [0.1, 0.15) is 29.5 Å². The summed E-state index contributed by atoms with van der Waals surface area (Å²) in [6.45, 7) is 3.74. The van der Waals surface area contributed by atoms with E-state index >= 15 is 0 Å². The fourth-order valence-corrected chi connectivity index (χ4v) is 5.92. The lowest BCUT2D eigenvalue weighted by molar-refractivity contribution is 0.0951. The van der Waals surface area contributed by atoms with Crippen LogP contribution in [0.5, 0.6) is 11.5 Å². The van der Waals surface area contributed by atoms with E-state index in [0.717, 1.165) is 57.5 Å². The van der Waals surface area contributed by atoms with Crippen molar-refractivity contribution in [3.05, 3.63) is 89.3 Å². The van der Waals surface area contributed by atoms with Gasteiger partial charge in [-0.1, -0.05) is 6.07 Å². The van der Waals surface area contributed by atoms with Gasteiger partial charge in [0, 0.05) is 48.2 Å². The molecular weight excluding hydrogens is 510 g/mol. The van der Waals surface area contributed by atoms with Gasteiger partial charge in [-0.05, 0) is 60.3 Å². The van der Waals surface area contributed by atoms with Crippen molar-refractivity contribution in [2.24, 2.45) is 11.8 Å². The zero-order valence-electron chi connectivity index (χ0n) is 21.1. The number of hydrogen-bond acceptors (Lipinski definition) is 9. The molecular formula is C29H25N7O2S. The Kier molecular flexibility index (Phi) is 5.81. The third-order valence-electron chi connectivity index (χ3n) is 7.37. The minimum atomic E-state index is 0.0274. The van der Waals surface area contributed by atoms with E-state index in [1.54, 1.807) is 24.9 Å². The number of aryl methyl sites for hydroxylation is 1. The maximum atomic E-state index is 12.4. The lowest BCUT2D eigenvalue weighted by atomic mass is 10.2. The molecule has 2 unspecified atom stereocenters. The molecule has 194 valence electrons. The molecule has 1 aliphatic heterocycles. The molecule has 1 amide bonds. The molecule has 5 heterocycles. The van der Waals surface area contributed by atoms with Crippen molar-refractivity contribution in [3.8, 4) is 11.5 Å². The molecule has 0 spiro atoms. The molecule has 4 aromatic heterocycles. The van der Waals surface area contributed by atoms with Crippen LogP contribution in [0.15, 0.2) is 78.8 Å². The number of benzene rings is 1. The highest BCUT2D eigenvalue weighted by molar-refractivity contribution is 7.12. The number of amides is 1. The van der Waals surface area contributed by atoms with Crippen LogP contribution in [0, 0.1) is 18.8 Å². The molecule has 1 aromatic carbocycles. The van der Waals surface area contributed by atoms with Crippen LogP contribution in [0.25, 0.3) is 10.9 Å². The van der Waals surface area contributed by atoms with Gasteiger partial charge in [0.25, 0.3) is 5.91 Å². The van der Waals surface area contributed by atoms with Crippen molar-refractivity contribution >= 4 is 45.5 Å². The largest absolute Gasteiger partial charge is 0.455 e. The fourth-order valence-electron chi connectivity index (χ4n) is 5.29. The summed E-state index contributed by atoms with van der Waals surface area (Å²) in [6.07, 6.45) is 6.75. The molecule has 2 N–H and O–H groups in total. The van der Waals surface area contributed by atoms with Gasteiger partial charge in [0.05, 0.1) is 22.8 Å². The summed E-state index contributed by atoms with van der Waals surface area (Å²) in [5, 5.41) is 9.47. The molecule has 7 rings (SSSR count). The second-order valence-corrected chi connectivity index (χ2v) is 10.8. The Morgan fingerprint density at radius 3 is 2.72 bits per heavy atom. The molecule has 39 heavy (non-hydrogen) atoms. The third-order valence-corrected chi connectivity index (χ3v) is 8.24. The molecule has 0 radical (unpaired) electrons. The van der Waals surface area contributed by atoms with E-state index in [0.29, 0.717) is 17.6 Å². The zero-order chi connectivity index (χ0) is 26.3. The number of pyridine rings is 2. The summed E-state index contributed by atoms with van der Waals surface area (Å²) in [5.74, 6) is 4.00. The van der Waals surface area contributed by atoms with Crippen LogP contribution in [0.3, 0.4) is 0 Å². The minimum Gasteiger partial charge on any atom is -0.455 e. The second-order valence-electron chi connectivity index (χ2n) is 9.89. The number of hydrogen-bond donors (Lipinski definition) is 2. The van der Waals surface area contributed by atoms with Gasteiger partial charge in [-0.2, -0.15) is 0 Å². The van der Waals surface area contributed by atoms with Crippen molar-refractivity contribution in [1.29, 1.82) is 0 Å². The molecule has 5 aromatic rings. The number of rotatable bonds is 7. The molecule has 2 atom stereocenters. The number of carbonyl (C=O) groups excluding carboxylic acids is 1. The number of thiophene rings is 1. The van der Waals surface area contributed by atoms with E-state index < -0.39 is 0 Å². The average Bonchev–Trinajstić information content (AvgIpc) is 3.36. The lowest BCUT2D eigenvalue weighted by Gasteiger charge is -2.21. The molecule has 1 aliphatic carbocycles. The van der Waals surface area contributed by atoms with Crippen LogP contribution in [-0.2, 0) is 0 Å². The van der Waals surface area contributed by atoms with Crippen molar-refractivity contribution in [2.45, 2.75) is 13.0 Å². The van der Waals surface area contributed by atoms with Crippen molar-refractivity contribution in [3.63, 3.8) is 0 Å². The summed E-state index contributed by atoms with van der Waals surface area (Å²) >= 11 is 1.47. The fraction of sp³-hybridized carbons (Fsp3) is 0.207. The minimum absolute atomic E-state index is 0.0274. The van der Waals surface area contributed by atoms with E-state index in [4.69, 9.17) is 4.74 Å². The van der Waals surface area contributed by atoms with Crippen molar-refractivity contribution < 1.29 is 9.53 Å². The van der Waals surface area contributed by atoms with Crippen LogP contribution in [0.2, 0.25) is 0 Å². The Bertz CT molecular complexity index is 1650. The highest BCUT2D eigenvalue weighted by Gasteiger charge is 2.56.